The SMILES string of the molecule is O=C(OC1CCCCC1O)C(F)(C(F)(F)C(F)(F)F)S(=O)(=O)O. The van der Waals surface area contributed by atoms with E-state index in [9.17, 15) is 44.7 Å². The van der Waals surface area contributed by atoms with E-state index < -0.39 is 45.4 Å². The summed E-state index contributed by atoms with van der Waals surface area (Å²) in [7, 11) is -6.87. The normalized spacial score (nSPS) is 26.4. The van der Waals surface area contributed by atoms with Crippen LogP contribution in [0.3, 0.4) is 0 Å². The van der Waals surface area contributed by atoms with Gasteiger partial charge >= 0.3 is 33.2 Å². The number of aliphatic hydroxyl groups is 1. The molecule has 3 atom stereocenters. The van der Waals surface area contributed by atoms with E-state index in [1.165, 1.54) is 0 Å². The molecule has 1 rings (SSSR count). The van der Waals surface area contributed by atoms with Crippen molar-refractivity contribution in [3.63, 3.8) is 0 Å². The fourth-order valence-electron chi connectivity index (χ4n) is 2.01. The average Bonchev–Trinajstić information content (AvgIpc) is 2.37. The maximum atomic E-state index is 14.0. The minimum atomic E-state index is -6.87. The van der Waals surface area contributed by atoms with Gasteiger partial charge in [0.2, 0.25) is 0 Å². The minimum absolute atomic E-state index is 0.0151. The third-order valence-corrected chi connectivity index (χ3v) is 4.44. The number of hydrogen-bond acceptors (Lipinski definition) is 5. The maximum Gasteiger partial charge on any atom is 0.458 e. The Bertz CT molecular complexity index is 561. The van der Waals surface area contributed by atoms with Crippen LogP contribution in [0.25, 0.3) is 0 Å². The van der Waals surface area contributed by atoms with E-state index in [2.05, 4.69) is 4.74 Å². The molecule has 13 heteroatoms. The third-order valence-electron chi connectivity index (χ3n) is 3.30. The zero-order valence-corrected chi connectivity index (χ0v) is 12.0. The Balaban J connectivity index is 3.24. The Morgan fingerprint density at radius 3 is 1.91 bits per heavy atom. The fraction of sp³-hybridized carbons (Fsp3) is 0.900. The van der Waals surface area contributed by atoms with Crippen molar-refractivity contribution in [2.24, 2.45) is 0 Å². The van der Waals surface area contributed by atoms with Crippen LogP contribution in [-0.2, 0) is 19.6 Å². The van der Waals surface area contributed by atoms with Crippen LogP contribution >= 0.6 is 0 Å². The highest BCUT2D eigenvalue weighted by atomic mass is 32.2. The van der Waals surface area contributed by atoms with Crippen LogP contribution in [0.4, 0.5) is 26.3 Å². The number of aliphatic hydroxyl groups excluding tert-OH is 1. The number of carbonyl (C=O) groups is 1. The van der Waals surface area contributed by atoms with Crippen molar-refractivity contribution in [1.82, 2.24) is 0 Å². The molecule has 0 saturated heterocycles. The summed E-state index contributed by atoms with van der Waals surface area (Å²) < 4.78 is 111. The van der Waals surface area contributed by atoms with E-state index in [-0.39, 0.29) is 19.3 Å². The van der Waals surface area contributed by atoms with Crippen LogP contribution in [0.1, 0.15) is 25.7 Å². The minimum Gasteiger partial charge on any atom is -0.456 e. The molecule has 1 saturated carbocycles. The second-order valence-electron chi connectivity index (χ2n) is 4.94. The molecule has 0 aliphatic heterocycles. The van der Waals surface area contributed by atoms with Gasteiger partial charge in [-0.2, -0.15) is 30.4 Å². The quantitative estimate of drug-likeness (QED) is 0.440. The Morgan fingerprint density at radius 1 is 1.04 bits per heavy atom. The fourth-order valence-corrected chi connectivity index (χ4v) is 2.70. The molecule has 6 nitrogen and oxygen atoms in total. The van der Waals surface area contributed by atoms with E-state index in [0.717, 1.165) is 0 Å². The van der Waals surface area contributed by atoms with E-state index >= 15 is 0 Å². The van der Waals surface area contributed by atoms with Gasteiger partial charge in [0, 0.05) is 0 Å². The van der Waals surface area contributed by atoms with Crippen LogP contribution in [0.5, 0.6) is 0 Å². The summed E-state index contributed by atoms with van der Waals surface area (Å²) in [5, 5.41) is 3.34. The van der Waals surface area contributed by atoms with Crippen LogP contribution in [0.2, 0.25) is 0 Å². The summed E-state index contributed by atoms with van der Waals surface area (Å²) in [6.45, 7) is 0. The first-order valence-corrected chi connectivity index (χ1v) is 7.60. The molecule has 1 aliphatic rings. The molecule has 3 unspecified atom stereocenters. The molecule has 0 bridgehead atoms. The molecule has 1 aliphatic carbocycles. The number of rotatable bonds is 4. The lowest BCUT2D eigenvalue weighted by atomic mass is 9.95. The molecule has 0 radical (unpaired) electrons. The van der Waals surface area contributed by atoms with Gasteiger partial charge in [-0.3, -0.25) is 4.55 Å². The number of hydrogen-bond donors (Lipinski definition) is 2. The van der Waals surface area contributed by atoms with E-state index in [4.69, 9.17) is 4.55 Å². The topological polar surface area (TPSA) is 101 Å². The second kappa shape index (κ2) is 6.09. The highest BCUT2D eigenvalue weighted by Gasteiger charge is 2.82. The molecule has 0 heterocycles. The number of alkyl halides is 6. The predicted molar refractivity (Wildman–Crippen MR) is 60.7 cm³/mol. The molecule has 0 aromatic carbocycles. The summed E-state index contributed by atoms with van der Waals surface area (Å²) in [6.07, 6.45) is -9.48. The largest absolute Gasteiger partial charge is 0.458 e. The Hall–Kier alpha value is -1.08. The number of ether oxygens (including phenoxy) is 1. The standard InChI is InChI=1S/C10H12F6O6S/c11-8(23(19,20)21,9(12,13)10(14,15)16)7(18)22-6-4-2-1-3-5(6)17/h5-6,17H,1-4H2,(H,19,20,21). The monoisotopic (exact) mass is 374 g/mol. The van der Waals surface area contributed by atoms with Crippen molar-refractivity contribution in [2.75, 3.05) is 0 Å². The first-order valence-electron chi connectivity index (χ1n) is 6.16. The van der Waals surface area contributed by atoms with E-state index in [1.807, 2.05) is 0 Å². The van der Waals surface area contributed by atoms with Crippen molar-refractivity contribution < 1.29 is 54.0 Å². The van der Waals surface area contributed by atoms with Gasteiger partial charge in [0.05, 0.1) is 6.10 Å². The Morgan fingerprint density at radius 2 is 1.52 bits per heavy atom. The number of esters is 1. The van der Waals surface area contributed by atoms with Crippen molar-refractivity contribution in [2.45, 2.75) is 55.0 Å². The maximum absolute atomic E-state index is 14.0. The lowest BCUT2D eigenvalue weighted by molar-refractivity contribution is -0.311. The molecule has 0 aromatic rings. The summed E-state index contributed by atoms with van der Waals surface area (Å²) in [5.74, 6) is -9.92. The van der Waals surface area contributed by atoms with E-state index in [0.29, 0.717) is 6.42 Å². The second-order valence-corrected chi connectivity index (χ2v) is 6.45. The van der Waals surface area contributed by atoms with Gasteiger partial charge < -0.3 is 9.84 Å². The van der Waals surface area contributed by atoms with Crippen LogP contribution in [-0.4, -0.2) is 53.4 Å². The zero-order chi connectivity index (χ0) is 18.3. The highest BCUT2D eigenvalue weighted by molar-refractivity contribution is 7.88. The van der Waals surface area contributed by atoms with Crippen LogP contribution < -0.4 is 0 Å². The Kier molecular flexibility index (Phi) is 5.29. The third kappa shape index (κ3) is 3.40. The Labute approximate surface area is 126 Å². The summed E-state index contributed by atoms with van der Waals surface area (Å²) in [4.78, 5) is 11.4. The highest BCUT2D eigenvalue weighted by Crippen LogP contribution is 2.48. The molecule has 0 aromatic heterocycles. The molecule has 23 heavy (non-hydrogen) atoms. The van der Waals surface area contributed by atoms with Gasteiger partial charge in [-0.15, -0.1) is 0 Å². The van der Waals surface area contributed by atoms with Crippen molar-refractivity contribution in [3.8, 4) is 0 Å². The molecule has 0 amide bonds. The summed E-state index contributed by atoms with van der Waals surface area (Å²) >= 11 is 0. The number of carbonyl (C=O) groups excluding carboxylic acids is 1. The first kappa shape index (κ1) is 20.0. The molecular formula is C10H12F6O6S. The molecule has 1 fully saturated rings. The zero-order valence-electron chi connectivity index (χ0n) is 11.2. The first-order chi connectivity index (χ1) is 10.2. The summed E-state index contributed by atoms with van der Waals surface area (Å²) in [5.41, 5.74) is 0. The van der Waals surface area contributed by atoms with E-state index in [1.54, 1.807) is 0 Å². The molecular weight excluding hydrogens is 362 g/mol. The van der Waals surface area contributed by atoms with Crippen LogP contribution in [0, 0.1) is 0 Å². The lowest BCUT2D eigenvalue weighted by Crippen LogP contribution is -2.64. The lowest BCUT2D eigenvalue weighted by Gasteiger charge is -2.33. The predicted octanol–water partition coefficient (Wildman–Crippen LogP) is 1.58. The van der Waals surface area contributed by atoms with Crippen LogP contribution in [0.15, 0.2) is 0 Å². The molecule has 136 valence electrons. The van der Waals surface area contributed by atoms with Gasteiger partial charge in [0.1, 0.15) is 6.10 Å². The van der Waals surface area contributed by atoms with Crippen molar-refractivity contribution in [3.05, 3.63) is 0 Å². The van der Waals surface area contributed by atoms with Crippen molar-refractivity contribution >= 4 is 16.1 Å². The van der Waals surface area contributed by atoms with Gasteiger partial charge in [0.25, 0.3) is 0 Å². The van der Waals surface area contributed by atoms with Gasteiger partial charge in [0.15, 0.2) is 0 Å². The van der Waals surface area contributed by atoms with Crippen molar-refractivity contribution in [1.29, 1.82) is 0 Å². The summed E-state index contributed by atoms with van der Waals surface area (Å²) in [6, 6.07) is 0. The van der Waals surface area contributed by atoms with Gasteiger partial charge in [-0.05, 0) is 19.3 Å². The smallest absolute Gasteiger partial charge is 0.456 e. The van der Waals surface area contributed by atoms with Gasteiger partial charge in [-0.1, -0.05) is 6.42 Å². The molecule has 2 N–H and O–H groups in total. The average molecular weight is 374 g/mol. The molecule has 0 spiro atoms. The van der Waals surface area contributed by atoms with Gasteiger partial charge in [-0.25, -0.2) is 9.18 Å². The number of halogens is 6.